The number of aliphatic hydroxyl groups excluding tert-OH is 1. The predicted molar refractivity (Wildman–Crippen MR) is 73.9 cm³/mol. The summed E-state index contributed by atoms with van der Waals surface area (Å²) >= 11 is 0. The van der Waals surface area contributed by atoms with Crippen molar-refractivity contribution in [3.8, 4) is 17.2 Å². The molecule has 1 saturated carbocycles. The van der Waals surface area contributed by atoms with Crippen molar-refractivity contribution in [2.24, 2.45) is 0 Å². The zero-order chi connectivity index (χ0) is 13.9. The van der Waals surface area contributed by atoms with Gasteiger partial charge in [-0.1, -0.05) is 19.3 Å². The Bertz CT molecular complexity index is 477. The molecule has 1 aromatic rings. The number of hydrogen-bond donors (Lipinski definition) is 3. The first-order valence-electron chi connectivity index (χ1n) is 7.27. The fourth-order valence-corrected chi connectivity index (χ4v) is 2.88. The van der Waals surface area contributed by atoms with Gasteiger partial charge in [0, 0.05) is 24.2 Å². The lowest BCUT2D eigenvalue weighted by Crippen LogP contribution is -2.38. The van der Waals surface area contributed by atoms with E-state index in [1.165, 1.54) is 6.42 Å². The summed E-state index contributed by atoms with van der Waals surface area (Å²) in [6.45, 7) is 0.719. The minimum atomic E-state index is -0.298. The van der Waals surface area contributed by atoms with Crippen LogP contribution in [0.5, 0.6) is 17.2 Å². The maximum atomic E-state index is 10.1. The molecule has 3 N–H and O–H groups in total. The maximum Gasteiger partial charge on any atom is 0.231 e. The Morgan fingerprint density at radius 3 is 2.70 bits per heavy atom. The summed E-state index contributed by atoms with van der Waals surface area (Å²) in [6.07, 6.45) is 4.95. The Hall–Kier alpha value is -1.46. The minimum absolute atomic E-state index is 0.0994. The summed E-state index contributed by atoms with van der Waals surface area (Å²) in [7, 11) is 0. The van der Waals surface area contributed by atoms with Gasteiger partial charge in [0.2, 0.25) is 6.79 Å². The molecule has 2 unspecified atom stereocenters. The Morgan fingerprint density at radius 2 is 1.85 bits per heavy atom. The molecule has 1 heterocycles. The molecule has 20 heavy (non-hydrogen) atoms. The van der Waals surface area contributed by atoms with E-state index in [4.69, 9.17) is 9.47 Å². The zero-order valence-electron chi connectivity index (χ0n) is 11.5. The topological polar surface area (TPSA) is 71.0 Å². The van der Waals surface area contributed by atoms with Crippen molar-refractivity contribution in [1.29, 1.82) is 0 Å². The van der Waals surface area contributed by atoms with Gasteiger partial charge in [-0.25, -0.2) is 0 Å². The van der Waals surface area contributed by atoms with Gasteiger partial charge in [0.05, 0.1) is 6.10 Å². The average molecular weight is 279 g/mol. The average Bonchev–Trinajstić information content (AvgIpc) is 2.78. The summed E-state index contributed by atoms with van der Waals surface area (Å²) in [4.78, 5) is 0. The number of phenolic OH excluding ortho intramolecular Hbond substituents is 1. The molecule has 0 radical (unpaired) electrons. The van der Waals surface area contributed by atoms with E-state index in [0.717, 1.165) is 31.2 Å². The van der Waals surface area contributed by atoms with Crippen LogP contribution in [0.2, 0.25) is 0 Å². The summed E-state index contributed by atoms with van der Waals surface area (Å²) in [5, 5.41) is 23.4. The van der Waals surface area contributed by atoms with Crippen LogP contribution in [-0.2, 0) is 6.54 Å². The van der Waals surface area contributed by atoms with Crippen LogP contribution in [0, 0.1) is 0 Å². The summed E-state index contributed by atoms with van der Waals surface area (Å²) in [5.41, 5.74) is 0.769. The van der Waals surface area contributed by atoms with Crippen LogP contribution < -0.4 is 14.8 Å². The second kappa shape index (κ2) is 5.89. The van der Waals surface area contributed by atoms with Crippen LogP contribution in [0.15, 0.2) is 12.1 Å². The van der Waals surface area contributed by atoms with Crippen LogP contribution in [0.1, 0.15) is 37.7 Å². The number of ether oxygens (including phenoxy) is 2. The highest BCUT2D eigenvalue weighted by atomic mass is 16.7. The highest BCUT2D eigenvalue weighted by Gasteiger charge is 2.22. The maximum absolute atomic E-state index is 10.1. The molecule has 5 heteroatoms. The molecule has 0 amide bonds. The monoisotopic (exact) mass is 279 g/mol. The number of benzene rings is 1. The van der Waals surface area contributed by atoms with Crippen molar-refractivity contribution in [2.45, 2.75) is 50.8 Å². The molecule has 1 aliphatic carbocycles. The number of aliphatic hydroxyl groups is 1. The van der Waals surface area contributed by atoms with Gasteiger partial charge in [0.25, 0.3) is 0 Å². The third-order valence-electron chi connectivity index (χ3n) is 4.11. The lowest BCUT2D eigenvalue weighted by molar-refractivity contribution is 0.119. The van der Waals surface area contributed by atoms with E-state index in [2.05, 4.69) is 5.32 Å². The van der Waals surface area contributed by atoms with Crippen molar-refractivity contribution in [3.05, 3.63) is 17.7 Å². The molecular weight excluding hydrogens is 258 g/mol. The largest absolute Gasteiger partial charge is 0.507 e. The predicted octanol–water partition coefficient (Wildman–Crippen LogP) is 1.90. The van der Waals surface area contributed by atoms with Crippen molar-refractivity contribution in [2.75, 3.05) is 6.79 Å². The summed E-state index contributed by atoms with van der Waals surface area (Å²) in [5.74, 6) is 1.45. The highest BCUT2D eigenvalue weighted by molar-refractivity contribution is 5.51. The highest BCUT2D eigenvalue weighted by Crippen LogP contribution is 2.37. The van der Waals surface area contributed by atoms with Crippen LogP contribution >= 0.6 is 0 Å². The molecular formula is C15H21NO4. The number of aromatic hydroxyl groups is 1. The Kier molecular flexibility index (Phi) is 3.98. The van der Waals surface area contributed by atoms with Gasteiger partial charge in [0.15, 0.2) is 11.5 Å². The lowest BCUT2D eigenvalue weighted by atomic mass is 10.1. The second-order valence-corrected chi connectivity index (χ2v) is 5.53. The van der Waals surface area contributed by atoms with Crippen LogP contribution in [0.4, 0.5) is 0 Å². The molecule has 0 aromatic heterocycles. The van der Waals surface area contributed by atoms with Gasteiger partial charge in [0.1, 0.15) is 5.75 Å². The first-order chi connectivity index (χ1) is 9.74. The summed E-state index contributed by atoms with van der Waals surface area (Å²) < 4.78 is 10.5. The van der Waals surface area contributed by atoms with Crippen molar-refractivity contribution in [1.82, 2.24) is 5.32 Å². The molecule has 1 aromatic carbocycles. The number of phenols is 1. The molecule has 2 atom stereocenters. The van der Waals surface area contributed by atoms with Crippen molar-refractivity contribution >= 4 is 0 Å². The molecule has 0 bridgehead atoms. The smallest absolute Gasteiger partial charge is 0.231 e. The van der Waals surface area contributed by atoms with Crippen molar-refractivity contribution < 1.29 is 19.7 Å². The van der Waals surface area contributed by atoms with Crippen molar-refractivity contribution in [3.63, 3.8) is 0 Å². The minimum Gasteiger partial charge on any atom is -0.507 e. The number of nitrogens with one attached hydrogen (secondary N) is 1. The van der Waals surface area contributed by atoms with E-state index in [1.807, 2.05) is 0 Å². The van der Waals surface area contributed by atoms with E-state index >= 15 is 0 Å². The van der Waals surface area contributed by atoms with Crippen LogP contribution in [-0.4, -0.2) is 29.2 Å². The van der Waals surface area contributed by atoms with Gasteiger partial charge >= 0.3 is 0 Å². The third-order valence-corrected chi connectivity index (χ3v) is 4.11. The molecule has 2 aliphatic rings. The second-order valence-electron chi connectivity index (χ2n) is 5.53. The van der Waals surface area contributed by atoms with Gasteiger partial charge in [-0.05, 0) is 18.9 Å². The van der Waals surface area contributed by atoms with E-state index in [9.17, 15) is 10.2 Å². The molecule has 0 saturated heterocycles. The number of hydrogen-bond acceptors (Lipinski definition) is 5. The number of rotatable bonds is 3. The fourth-order valence-electron chi connectivity index (χ4n) is 2.88. The van der Waals surface area contributed by atoms with Crippen LogP contribution in [0.25, 0.3) is 0 Å². The molecule has 1 aliphatic heterocycles. The molecule has 5 nitrogen and oxygen atoms in total. The van der Waals surface area contributed by atoms with Crippen LogP contribution in [0.3, 0.4) is 0 Å². The molecule has 3 rings (SSSR count). The molecule has 0 spiro atoms. The van der Waals surface area contributed by atoms with E-state index in [1.54, 1.807) is 12.1 Å². The van der Waals surface area contributed by atoms with E-state index in [-0.39, 0.29) is 24.7 Å². The van der Waals surface area contributed by atoms with E-state index < -0.39 is 0 Å². The van der Waals surface area contributed by atoms with Gasteiger partial charge < -0.3 is 25.0 Å². The van der Waals surface area contributed by atoms with Gasteiger partial charge in [-0.15, -0.1) is 0 Å². The quantitative estimate of drug-likeness (QED) is 0.737. The Labute approximate surface area is 118 Å². The fraction of sp³-hybridized carbons (Fsp3) is 0.600. The van der Waals surface area contributed by atoms with Gasteiger partial charge in [-0.3, -0.25) is 0 Å². The first-order valence-corrected chi connectivity index (χ1v) is 7.27. The Balaban J connectivity index is 1.65. The normalized spacial score (nSPS) is 25.4. The molecule has 110 valence electrons. The molecule has 1 fully saturated rings. The van der Waals surface area contributed by atoms with Gasteiger partial charge in [-0.2, -0.15) is 0 Å². The summed E-state index contributed by atoms with van der Waals surface area (Å²) in [6, 6.07) is 3.48. The van der Waals surface area contributed by atoms with E-state index in [0.29, 0.717) is 18.0 Å². The third kappa shape index (κ3) is 2.83. The first kappa shape index (κ1) is 13.5. The Morgan fingerprint density at radius 1 is 1.10 bits per heavy atom. The lowest BCUT2D eigenvalue weighted by Gasteiger charge is -2.22. The number of fused-ring (bicyclic) bond motifs is 1. The standard InChI is InChI=1S/C15H21NO4/c17-12-5-3-1-2-4-11(12)16-8-10-6-14-15(7-13(10)18)20-9-19-14/h6-7,11-12,16-18H,1-5,8-9H2. The SMILES string of the molecule is Oc1cc2c(cc1CNC1CCCCCC1O)OCO2. The zero-order valence-corrected chi connectivity index (χ0v) is 11.5.